The number of carbonyl (C=O) groups is 1. The van der Waals surface area contributed by atoms with Crippen LogP contribution in [0.15, 0.2) is 48.5 Å². The first kappa shape index (κ1) is 23.3. The van der Waals surface area contributed by atoms with Crippen LogP contribution in [-0.4, -0.2) is 71.5 Å². The Labute approximate surface area is 185 Å². The fourth-order valence-corrected chi connectivity index (χ4v) is 3.84. The van der Waals surface area contributed by atoms with Gasteiger partial charge in [0.2, 0.25) is 0 Å². The third-order valence-corrected chi connectivity index (χ3v) is 5.76. The number of rotatable bonds is 9. The Morgan fingerprint density at radius 1 is 0.906 bits per heavy atom. The van der Waals surface area contributed by atoms with Gasteiger partial charge in [0, 0.05) is 57.0 Å². The molecule has 0 amide bonds. The van der Waals surface area contributed by atoms with Crippen molar-refractivity contribution in [2.24, 2.45) is 0 Å². The summed E-state index contributed by atoms with van der Waals surface area (Å²) in [4.78, 5) is 37.6. The van der Waals surface area contributed by atoms with Gasteiger partial charge in [-0.25, -0.2) is 0 Å². The molecule has 170 valence electrons. The van der Waals surface area contributed by atoms with Crippen molar-refractivity contribution in [3.63, 3.8) is 0 Å². The number of nitro benzene ring substituents is 2. The molecule has 32 heavy (non-hydrogen) atoms. The van der Waals surface area contributed by atoms with Gasteiger partial charge in [-0.2, -0.15) is 0 Å². The van der Waals surface area contributed by atoms with Crippen LogP contribution >= 0.6 is 0 Å². The molecule has 1 fully saturated rings. The Bertz CT molecular complexity index is 940. The highest BCUT2D eigenvalue weighted by Crippen LogP contribution is 2.18. The molecule has 1 atom stereocenters. The van der Waals surface area contributed by atoms with Crippen molar-refractivity contribution < 1.29 is 19.4 Å². The first-order chi connectivity index (χ1) is 15.4. The van der Waals surface area contributed by atoms with E-state index in [0.29, 0.717) is 19.5 Å². The van der Waals surface area contributed by atoms with E-state index in [1.807, 2.05) is 0 Å². The summed E-state index contributed by atoms with van der Waals surface area (Å²) in [6.45, 7) is 3.82. The second-order valence-electron chi connectivity index (χ2n) is 7.72. The maximum atomic E-state index is 12.4. The molecule has 2 aromatic rings. The Hall–Kier alpha value is -3.37. The van der Waals surface area contributed by atoms with Crippen molar-refractivity contribution in [2.75, 3.05) is 39.8 Å². The summed E-state index contributed by atoms with van der Waals surface area (Å²) in [5, 5.41) is 21.6. The number of hydrogen-bond donors (Lipinski definition) is 0. The normalized spacial score (nSPS) is 15.8. The molecule has 0 aromatic heterocycles. The Morgan fingerprint density at radius 3 is 1.88 bits per heavy atom. The van der Waals surface area contributed by atoms with Crippen molar-refractivity contribution in [1.29, 1.82) is 0 Å². The highest BCUT2D eigenvalue weighted by Gasteiger charge is 2.30. The van der Waals surface area contributed by atoms with Crippen LogP contribution < -0.4 is 0 Å². The fraction of sp³-hybridized carbons (Fsp3) is 0.409. The van der Waals surface area contributed by atoms with Crippen LogP contribution in [0.2, 0.25) is 0 Å². The number of esters is 1. The van der Waals surface area contributed by atoms with Gasteiger partial charge in [0.25, 0.3) is 11.4 Å². The molecule has 0 saturated carbocycles. The molecule has 10 nitrogen and oxygen atoms in total. The van der Waals surface area contributed by atoms with Crippen molar-refractivity contribution in [2.45, 2.75) is 18.9 Å². The van der Waals surface area contributed by atoms with Crippen LogP contribution in [0.5, 0.6) is 0 Å². The van der Waals surface area contributed by atoms with Crippen LogP contribution in [0.4, 0.5) is 11.4 Å². The predicted octanol–water partition coefficient (Wildman–Crippen LogP) is 2.45. The van der Waals surface area contributed by atoms with Crippen LogP contribution in [0.25, 0.3) is 0 Å². The predicted molar refractivity (Wildman–Crippen MR) is 117 cm³/mol. The van der Waals surface area contributed by atoms with Crippen molar-refractivity contribution in [3.8, 4) is 0 Å². The minimum absolute atomic E-state index is 0.0185. The molecular weight excluding hydrogens is 416 g/mol. The van der Waals surface area contributed by atoms with E-state index >= 15 is 0 Å². The molecule has 0 N–H and O–H groups in total. The third kappa shape index (κ3) is 6.08. The molecule has 1 aliphatic rings. The van der Waals surface area contributed by atoms with Crippen molar-refractivity contribution >= 4 is 17.3 Å². The smallest absolute Gasteiger partial charge is 0.323 e. The number of ether oxygens (including phenoxy) is 1. The van der Waals surface area contributed by atoms with E-state index in [1.165, 1.54) is 31.4 Å². The summed E-state index contributed by atoms with van der Waals surface area (Å²) in [5.74, 6) is -0.317. The first-order valence-corrected chi connectivity index (χ1v) is 10.4. The Morgan fingerprint density at radius 2 is 1.41 bits per heavy atom. The maximum absolute atomic E-state index is 12.4. The molecular formula is C22H26N4O6. The maximum Gasteiger partial charge on any atom is 0.323 e. The molecule has 1 heterocycles. The molecule has 10 heteroatoms. The highest BCUT2D eigenvalue weighted by atomic mass is 16.6. The van der Waals surface area contributed by atoms with Crippen LogP contribution in [0.1, 0.15) is 11.1 Å². The van der Waals surface area contributed by atoms with E-state index in [0.717, 1.165) is 37.2 Å². The third-order valence-electron chi connectivity index (χ3n) is 5.76. The molecule has 0 bridgehead atoms. The topological polar surface area (TPSA) is 119 Å². The zero-order chi connectivity index (χ0) is 23.1. The van der Waals surface area contributed by atoms with E-state index in [-0.39, 0.29) is 17.3 Å². The fourth-order valence-electron chi connectivity index (χ4n) is 3.84. The van der Waals surface area contributed by atoms with Crippen molar-refractivity contribution in [3.05, 3.63) is 79.9 Å². The average molecular weight is 442 g/mol. The van der Waals surface area contributed by atoms with Gasteiger partial charge in [-0.3, -0.25) is 29.9 Å². The largest absolute Gasteiger partial charge is 0.468 e. The van der Waals surface area contributed by atoms with Gasteiger partial charge in [-0.1, -0.05) is 24.3 Å². The summed E-state index contributed by atoms with van der Waals surface area (Å²) >= 11 is 0. The second-order valence-corrected chi connectivity index (χ2v) is 7.72. The van der Waals surface area contributed by atoms with Crippen LogP contribution in [-0.2, 0) is 22.4 Å². The minimum Gasteiger partial charge on any atom is -0.468 e. The first-order valence-electron chi connectivity index (χ1n) is 10.4. The number of carbonyl (C=O) groups excluding carboxylic acids is 1. The standard InChI is InChI=1S/C22H26N4O6/c1-32-22(27)21(16-18-4-8-20(9-5-18)26(30)31)24-14-12-23(13-15-24)11-10-17-2-6-19(7-3-17)25(28)29/h2-9,21H,10-16H2,1H3. The quantitative estimate of drug-likeness (QED) is 0.330. The lowest BCUT2D eigenvalue weighted by Gasteiger charge is -2.38. The van der Waals surface area contributed by atoms with Gasteiger partial charge in [0.1, 0.15) is 6.04 Å². The van der Waals surface area contributed by atoms with Gasteiger partial charge in [-0.05, 0) is 24.0 Å². The van der Waals surface area contributed by atoms with Gasteiger partial charge >= 0.3 is 5.97 Å². The molecule has 1 unspecified atom stereocenters. The lowest BCUT2D eigenvalue weighted by Crippen LogP contribution is -2.53. The Balaban J connectivity index is 1.53. The zero-order valence-electron chi connectivity index (χ0n) is 17.9. The lowest BCUT2D eigenvalue weighted by atomic mass is 10.0. The zero-order valence-corrected chi connectivity index (χ0v) is 17.9. The molecule has 1 aliphatic heterocycles. The number of piperazine rings is 1. The van der Waals surface area contributed by atoms with E-state index in [9.17, 15) is 25.0 Å². The summed E-state index contributed by atoms with van der Waals surface area (Å²) in [6, 6.07) is 12.4. The number of nitro groups is 2. The monoisotopic (exact) mass is 442 g/mol. The van der Waals surface area contributed by atoms with E-state index in [4.69, 9.17) is 4.74 Å². The van der Waals surface area contributed by atoms with Crippen LogP contribution in [0, 0.1) is 20.2 Å². The van der Waals surface area contributed by atoms with Gasteiger partial charge in [0.05, 0.1) is 17.0 Å². The highest BCUT2D eigenvalue weighted by molar-refractivity contribution is 5.76. The minimum atomic E-state index is -0.447. The van der Waals surface area contributed by atoms with Crippen molar-refractivity contribution in [1.82, 2.24) is 9.80 Å². The molecule has 3 rings (SSSR count). The van der Waals surface area contributed by atoms with Gasteiger partial charge in [0.15, 0.2) is 0 Å². The van der Waals surface area contributed by atoms with Gasteiger partial charge < -0.3 is 9.64 Å². The van der Waals surface area contributed by atoms with E-state index in [1.54, 1.807) is 24.3 Å². The number of methoxy groups -OCH3 is 1. The number of hydrogen-bond acceptors (Lipinski definition) is 8. The number of non-ortho nitro benzene ring substituents is 2. The summed E-state index contributed by atoms with van der Waals surface area (Å²) in [6.07, 6.45) is 1.22. The summed E-state index contributed by atoms with van der Waals surface area (Å²) < 4.78 is 5.01. The second kappa shape index (κ2) is 10.8. The van der Waals surface area contributed by atoms with Gasteiger partial charge in [-0.15, -0.1) is 0 Å². The molecule has 0 radical (unpaired) electrons. The summed E-state index contributed by atoms with van der Waals surface area (Å²) in [7, 11) is 1.37. The molecule has 2 aromatic carbocycles. The lowest BCUT2D eigenvalue weighted by molar-refractivity contribution is -0.385. The number of nitrogens with zero attached hydrogens (tertiary/aromatic N) is 4. The Kier molecular flexibility index (Phi) is 7.85. The molecule has 0 spiro atoms. The number of benzene rings is 2. The van der Waals surface area contributed by atoms with E-state index < -0.39 is 15.9 Å². The van der Waals surface area contributed by atoms with Crippen LogP contribution in [0.3, 0.4) is 0 Å². The molecule has 1 saturated heterocycles. The molecule has 0 aliphatic carbocycles. The van der Waals surface area contributed by atoms with E-state index in [2.05, 4.69) is 9.80 Å². The summed E-state index contributed by atoms with van der Waals surface area (Å²) in [5.41, 5.74) is 1.99. The SMILES string of the molecule is COC(=O)C(Cc1ccc([N+](=O)[O-])cc1)N1CCN(CCc2ccc([N+](=O)[O-])cc2)CC1. The average Bonchev–Trinajstić information content (AvgIpc) is 2.81.